The smallest absolute Gasteiger partial charge is 0.251 e. The van der Waals surface area contributed by atoms with Gasteiger partial charge in [-0.15, -0.1) is 0 Å². The summed E-state index contributed by atoms with van der Waals surface area (Å²) in [5.41, 5.74) is 2.81. The van der Waals surface area contributed by atoms with Crippen molar-refractivity contribution in [3.8, 4) is 11.1 Å². The third-order valence-corrected chi connectivity index (χ3v) is 3.67. The van der Waals surface area contributed by atoms with E-state index in [9.17, 15) is 4.79 Å². The number of aromatic amines is 1. The number of nitrogens with one attached hydrogen (secondary N) is 2. The van der Waals surface area contributed by atoms with Crippen LogP contribution in [0.4, 0.5) is 0 Å². The van der Waals surface area contributed by atoms with E-state index in [1.54, 1.807) is 6.20 Å². The molecule has 0 aliphatic heterocycles. The Balaban J connectivity index is 1.69. The molecule has 1 saturated carbocycles. The molecule has 2 N–H and O–H groups in total. The van der Waals surface area contributed by atoms with Crippen molar-refractivity contribution in [2.24, 2.45) is 0 Å². The Morgan fingerprint density at radius 2 is 1.89 bits per heavy atom. The third-order valence-electron chi connectivity index (χ3n) is 3.67. The molecule has 4 heteroatoms. The second-order valence-electron chi connectivity index (χ2n) is 5.02. The van der Waals surface area contributed by atoms with Crippen molar-refractivity contribution >= 4 is 5.91 Å². The number of nitrogens with zero attached hydrogens (tertiary/aromatic N) is 1. The lowest BCUT2D eigenvalue weighted by atomic mass is 10.1. The Kier molecular flexibility index (Phi) is 3.31. The van der Waals surface area contributed by atoms with Gasteiger partial charge in [-0.1, -0.05) is 25.0 Å². The van der Waals surface area contributed by atoms with Crippen LogP contribution < -0.4 is 5.32 Å². The molecule has 1 aromatic carbocycles. The molecule has 2 aromatic rings. The van der Waals surface area contributed by atoms with Crippen LogP contribution in [0.25, 0.3) is 11.1 Å². The highest BCUT2D eigenvalue weighted by Crippen LogP contribution is 2.20. The van der Waals surface area contributed by atoms with Crippen LogP contribution in [0.1, 0.15) is 36.0 Å². The fourth-order valence-corrected chi connectivity index (χ4v) is 2.56. The Morgan fingerprint density at radius 1 is 1.16 bits per heavy atom. The van der Waals surface area contributed by atoms with Gasteiger partial charge in [0.05, 0.1) is 6.20 Å². The molecule has 3 rings (SSSR count). The molecular weight excluding hydrogens is 238 g/mol. The fraction of sp³-hybridized carbons (Fsp3) is 0.333. The van der Waals surface area contributed by atoms with Crippen molar-refractivity contribution in [3.05, 3.63) is 42.2 Å². The molecule has 1 aromatic heterocycles. The lowest BCUT2D eigenvalue weighted by molar-refractivity contribution is 0.0938. The van der Waals surface area contributed by atoms with E-state index in [1.807, 2.05) is 30.5 Å². The summed E-state index contributed by atoms with van der Waals surface area (Å²) >= 11 is 0. The number of H-pyrrole nitrogens is 1. The number of aromatic nitrogens is 2. The Morgan fingerprint density at radius 3 is 2.53 bits per heavy atom. The normalized spacial score (nSPS) is 15.6. The molecule has 1 aliphatic rings. The minimum atomic E-state index is 0.0330. The van der Waals surface area contributed by atoms with Crippen molar-refractivity contribution in [2.45, 2.75) is 31.7 Å². The van der Waals surface area contributed by atoms with Gasteiger partial charge in [-0.2, -0.15) is 5.10 Å². The van der Waals surface area contributed by atoms with Crippen LogP contribution in [0.3, 0.4) is 0 Å². The maximum Gasteiger partial charge on any atom is 0.251 e. The van der Waals surface area contributed by atoms with Gasteiger partial charge in [0, 0.05) is 23.4 Å². The van der Waals surface area contributed by atoms with Gasteiger partial charge < -0.3 is 5.32 Å². The van der Waals surface area contributed by atoms with Crippen molar-refractivity contribution < 1.29 is 4.79 Å². The summed E-state index contributed by atoms with van der Waals surface area (Å²) in [5.74, 6) is 0.0330. The average molecular weight is 255 g/mol. The molecule has 0 radical (unpaired) electrons. The van der Waals surface area contributed by atoms with Gasteiger partial charge in [-0.3, -0.25) is 9.89 Å². The van der Waals surface area contributed by atoms with E-state index in [1.165, 1.54) is 12.8 Å². The summed E-state index contributed by atoms with van der Waals surface area (Å²) in [5, 5.41) is 9.80. The minimum Gasteiger partial charge on any atom is -0.349 e. The van der Waals surface area contributed by atoms with Gasteiger partial charge in [0.25, 0.3) is 5.91 Å². The van der Waals surface area contributed by atoms with Crippen molar-refractivity contribution in [3.63, 3.8) is 0 Å². The first-order valence-corrected chi connectivity index (χ1v) is 6.73. The van der Waals surface area contributed by atoms with Crippen molar-refractivity contribution in [1.82, 2.24) is 15.5 Å². The summed E-state index contributed by atoms with van der Waals surface area (Å²) in [6, 6.07) is 8.00. The van der Waals surface area contributed by atoms with Gasteiger partial charge in [0.1, 0.15) is 0 Å². The van der Waals surface area contributed by atoms with E-state index in [2.05, 4.69) is 15.5 Å². The first kappa shape index (κ1) is 12.0. The lowest BCUT2D eigenvalue weighted by Crippen LogP contribution is -2.32. The molecule has 4 nitrogen and oxygen atoms in total. The van der Waals surface area contributed by atoms with E-state index in [-0.39, 0.29) is 5.91 Å². The summed E-state index contributed by atoms with van der Waals surface area (Å²) < 4.78 is 0. The Hall–Kier alpha value is -2.10. The van der Waals surface area contributed by atoms with Crippen LogP contribution in [-0.2, 0) is 0 Å². The number of carbonyl (C=O) groups excluding carboxylic acids is 1. The van der Waals surface area contributed by atoms with E-state index in [0.717, 1.165) is 29.5 Å². The molecule has 0 atom stereocenters. The third kappa shape index (κ3) is 2.67. The van der Waals surface area contributed by atoms with E-state index in [0.29, 0.717) is 6.04 Å². The molecule has 1 fully saturated rings. The zero-order chi connectivity index (χ0) is 13.1. The number of hydrogen-bond donors (Lipinski definition) is 2. The number of rotatable bonds is 3. The van der Waals surface area contributed by atoms with Crippen LogP contribution in [0.5, 0.6) is 0 Å². The molecule has 0 saturated heterocycles. The Bertz CT molecular complexity index is 539. The first-order valence-electron chi connectivity index (χ1n) is 6.73. The minimum absolute atomic E-state index is 0.0330. The molecule has 0 spiro atoms. The summed E-state index contributed by atoms with van der Waals surface area (Å²) in [7, 11) is 0. The van der Waals surface area contributed by atoms with E-state index >= 15 is 0 Å². The molecule has 1 amide bonds. The van der Waals surface area contributed by atoms with Crippen LogP contribution in [-0.4, -0.2) is 22.1 Å². The molecular formula is C15H17N3O. The number of benzene rings is 1. The average Bonchev–Trinajstić information content (AvgIpc) is 3.12. The Labute approximate surface area is 112 Å². The standard InChI is InChI=1S/C15H17N3O/c19-15(18-14-3-1-2-4-14)12-7-5-11(6-8-12)13-9-16-17-10-13/h5-10,14H,1-4H2,(H,16,17)(H,18,19). The highest BCUT2D eigenvalue weighted by molar-refractivity contribution is 5.94. The second-order valence-corrected chi connectivity index (χ2v) is 5.02. The van der Waals surface area contributed by atoms with Crippen LogP contribution in [0, 0.1) is 0 Å². The predicted octanol–water partition coefficient (Wildman–Crippen LogP) is 2.75. The largest absolute Gasteiger partial charge is 0.349 e. The molecule has 0 unspecified atom stereocenters. The summed E-state index contributed by atoms with van der Waals surface area (Å²) in [4.78, 5) is 12.1. The zero-order valence-electron chi connectivity index (χ0n) is 10.7. The van der Waals surface area contributed by atoms with Gasteiger partial charge in [0.15, 0.2) is 0 Å². The molecule has 98 valence electrons. The molecule has 0 bridgehead atoms. The monoisotopic (exact) mass is 255 g/mol. The number of amides is 1. The summed E-state index contributed by atoms with van der Waals surface area (Å²) in [6.07, 6.45) is 8.29. The van der Waals surface area contributed by atoms with E-state index in [4.69, 9.17) is 0 Å². The van der Waals surface area contributed by atoms with Crippen molar-refractivity contribution in [1.29, 1.82) is 0 Å². The van der Waals surface area contributed by atoms with Crippen LogP contribution >= 0.6 is 0 Å². The van der Waals surface area contributed by atoms with Gasteiger partial charge >= 0.3 is 0 Å². The van der Waals surface area contributed by atoms with Crippen LogP contribution in [0.15, 0.2) is 36.7 Å². The molecule has 1 heterocycles. The topological polar surface area (TPSA) is 57.8 Å². The predicted molar refractivity (Wildman–Crippen MR) is 73.7 cm³/mol. The highest BCUT2D eigenvalue weighted by Gasteiger charge is 2.17. The van der Waals surface area contributed by atoms with Crippen molar-refractivity contribution in [2.75, 3.05) is 0 Å². The van der Waals surface area contributed by atoms with Gasteiger partial charge in [-0.25, -0.2) is 0 Å². The fourth-order valence-electron chi connectivity index (χ4n) is 2.56. The molecule has 19 heavy (non-hydrogen) atoms. The first-order chi connectivity index (χ1) is 9.33. The maximum atomic E-state index is 12.1. The zero-order valence-corrected chi connectivity index (χ0v) is 10.7. The second kappa shape index (κ2) is 5.26. The quantitative estimate of drug-likeness (QED) is 0.886. The van der Waals surface area contributed by atoms with Gasteiger partial charge in [-0.05, 0) is 30.5 Å². The van der Waals surface area contributed by atoms with E-state index < -0.39 is 0 Å². The molecule has 1 aliphatic carbocycles. The summed E-state index contributed by atoms with van der Waals surface area (Å²) in [6.45, 7) is 0. The highest BCUT2D eigenvalue weighted by atomic mass is 16.1. The lowest BCUT2D eigenvalue weighted by Gasteiger charge is -2.11. The SMILES string of the molecule is O=C(NC1CCCC1)c1ccc(-c2cn[nH]c2)cc1. The number of hydrogen-bond acceptors (Lipinski definition) is 2. The van der Waals surface area contributed by atoms with Crippen LogP contribution in [0.2, 0.25) is 0 Å². The maximum absolute atomic E-state index is 12.1. The number of carbonyl (C=O) groups is 1. The van der Waals surface area contributed by atoms with Gasteiger partial charge in [0.2, 0.25) is 0 Å².